The van der Waals surface area contributed by atoms with Crippen molar-refractivity contribution in [3.63, 3.8) is 0 Å². The van der Waals surface area contributed by atoms with Crippen molar-refractivity contribution in [2.75, 3.05) is 13.6 Å². The highest BCUT2D eigenvalue weighted by atomic mass is 35.5. The average molecular weight is 234 g/mol. The number of unbranched alkanes of at least 4 members (excludes halogenated alkanes) is 7. The van der Waals surface area contributed by atoms with E-state index in [-0.39, 0.29) is 5.37 Å². The van der Waals surface area contributed by atoms with Crippen LogP contribution in [0.25, 0.3) is 0 Å². The van der Waals surface area contributed by atoms with Gasteiger partial charge >= 0.3 is 5.37 Å². The van der Waals surface area contributed by atoms with E-state index in [9.17, 15) is 4.79 Å². The fourth-order valence-corrected chi connectivity index (χ4v) is 1.66. The van der Waals surface area contributed by atoms with E-state index >= 15 is 0 Å². The molecule has 0 atom stereocenters. The Balaban J connectivity index is 3.08. The first-order chi connectivity index (χ1) is 7.18. The third-order valence-corrected chi connectivity index (χ3v) is 2.94. The highest BCUT2D eigenvalue weighted by Crippen LogP contribution is 2.08. The summed E-state index contributed by atoms with van der Waals surface area (Å²) in [5, 5.41) is -0.349. The van der Waals surface area contributed by atoms with Crippen LogP contribution in [0, 0.1) is 0 Å². The van der Waals surface area contributed by atoms with Crippen LogP contribution in [0.3, 0.4) is 0 Å². The minimum atomic E-state index is -0.349. The van der Waals surface area contributed by atoms with Crippen LogP contribution in [0.2, 0.25) is 0 Å². The van der Waals surface area contributed by atoms with Crippen molar-refractivity contribution in [3.05, 3.63) is 0 Å². The van der Waals surface area contributed by atoms with Gasteiger partial charge in [0.05, 0.1) is 0 Å². The summed E-state index contributed by atoms with van der Waals surface area (Å²) in [6.07, 6.45) is 10.3. The number of hydrogen-bond acceptors (Lipinski definition) is 1. The minimum Gasteiger partial charge on any atom is -0.332 e. The van der Waals surface area contributed by atoms with Crippen LogP contribution >= 0.6 is 11.6 Å². The molecule has 0 radical (unpaired) electrons. The topological polar surface area (TPSA) is 20.3 Å². The number of nitrogens with zero attached hydrogens (tertiary/aromatic N) is 1. The van der Waals surface area contributed by atoms with Gasteiger partial charge in [0.1, 0.15) is 0 Å². The molecule has 1 amide bonds. The Kier molecular flexibility index (Phi) is 10.1. The van der Waals surface area contributed by atoms with Crippen molar-refractivity contribution in [1.82, 2.24) is 4.90 Å². The zero-order valence-corrected chi connectivity index (χ0v) is 10.9. The second kappa shape index (κ2) is 10.3. The molecule has 0 N–H and O–H groups in total. The molecule has 2 nitrogen and oxygen atoms in total. The van der Waals surface area contributed by atoms with Crippen molar-refractivity contribution in [2.45, 2.75) is 58.3 Å². The lowest BCUT2D eigenvalue weighted by atomic mass is 10.1. The van der Waals surface area contributed by atoms with E-state index in [1.54, 1.807) is 11.9 Å². The van der Waals surface area contributed by atoms with Crippen molar-refractivity contribution in [2.24, 2.45) is 0 Å². The predicted molar refractivity (Wildman–Crippen MR) is 66.5 cm³/mol. The van der Waals surface area contributed by atoms with Crippen LogP contribution in [0.5, 0.6) is 0 Å². The number of halogens is 1. The SMILES string of the molecule is CCCCCCCCCCN(C)C(=O)Cl. The lowest BCUT2D eigenvalue weighted by Crippen LogP contribution is -2.21. The second-order valence-electron chi connectivity index (χ2n) is 4.15. The molecule has 0 fully saturated rings. The molecule has 0 spiro atoms. The maximum atomic E-state index is 10.7. The van der Waals surface area contributed by atoms with Crippen molar-refractivity contribution >= 4 is 17.0 Å². The molecule has 0 aromatic carbocycles. The summed E-state index contributed by atoms with van der Waals surface area (Å²) in [4.78, 5) is 12.2. The molecule has 15 heavy (non-hydrogen) atoms. The van der Waals surface area contributed by atoms with Gasteiger partial charge in [-0.05, 0) is 18.0 Å². The van der Waals surface area contributed by atoms with E-state index < -0.39 is 0 Å². The summed E-state index contributed by atoms with van der Waals surface area (Å²) in [5.41, 5.74) is 0. The average Bonchev–Trinajstić information content (AvgIpc) is 2.21. The zero-order valence-electron chi connectivity index (χ0n) is 10.1. The quantitative estimate of drug-likeness (QED) is 0.328. The fourth-order valence-electron chi connectivity index (χ4n) is 1.57. The Bertz CT molecular complexity index is 162. The smallest absolute Gasteiger partial charge is 0.316 e. The highest BCUT2D eigenvalue weighted by Gasteiger charge is 2.02. The van der Waals surface area contributed by atoms with Gasteiger partial charge in [-0.1, -0.05) is 51.9 Å². The molecular formula is C12H24ClNO. The largest absolute Gasteiger partial charge is 0.332 e. The van der Waals surface area contributed by atoms with Crippen molar-refractivity contribution < 1.29 is 4.79 Å². The van der Waals surface area contributed by atoms with Crippen LogP contribution in [-0.4, -0.2) is 23.9 Å². The number of hydrogen-bond donors (Lipinski definition) is 0. The van der Waals surface area contributed by atoms with Crippen LogP contribution in [0.15, 0.2) is 0 Å². The number of carbonyl (C=O) groups is 1. The molecular weight excluding hydrogens is 210 g/mol. The molecule has 0 unspecified atom stereocenters. The van der Waals surface area contributed by atoms with Gasteiger partial charge < -0.3 is 4.90 Å². The van der Waals surface area contributed by atoms with Crippen LogP contribution in [0.1, 0.15) is 58.3 Å². The van der Waals surface area contributed by atoms with Gasteiger partial charge in [0, 0.05) is 13.6 Å². The molecule has 0 rings (SSSR count). The Morgan fingerprint density at radius 3 is 1.93 bits per heavy atom. The molecule has 0 saturated carbocycles. The van der Waals surface area contributed by atoms with Gasteiger partial charge in [-0.15, -0.1) is 0 Å². The van der Waals surface area contributed by atoms with Gasteiger partial charge in [0.15, 0.2) is 0 Å². The third-order valence-electron chi connectivity index (χ3n) is 2.65. The van der Waals surface area contributed by atoms with E-state index in [1.807, 2.05) is 0 Å². The number of rotatable bonds is 9. The van der Waals surface area contributed by atoms with Gasteiger partial charge in [-0.2, -0.15) is 0 Å². The Morgan fingerprint density at radius 1 is 1.00 bits per heavy atom. The Labute approximate surface area is 99.0 Å². The first-order valence-corrected chi connectivity index (χ1v) is 6.47. The lowest BCUT2D eigenvalue weighted by Gasteiger charge is -2.12. The van der Waals surface area contributed by atoms with E-state index in [2.05, 4.69) is 6.92 Å². The minimum absolute atomic E-state index is 0.349. The molecule has 0 aromatic heterocycles. The molecule has 0 bridgehead atoms. The van der Waals surface area contributed by atoms with E-state index in [1.165, 1.54) is 44.9 Å². The Hall–Kier alpha value is -0.240. The molecule has 0 saturated heterocycles. The highest BCUT2D eigenvalue weighted by molar-refractivity contribution is 6.62. The van der Waals surface area contributed by atoms with E-state index in [0.29, 0.717) is 0 Å². The summed E-state index contributed by atoms with van der Waals surface area (Å²) < 4.78 is 0. The molecule has 3 heteroatoms. The van der Waals surface area contributed by atoms with Gasteiger partial charge in [-0.25, -0.2) is 0 Å². The van der Waals surface area contributed by atoms with E-state index in [0.717, 1.165) is 13.0 Å². The Morgan fingerprint density at radius 2 is 1.47 bits per heavy atom. The molecule has 0 heterocycles. The molecule has 90 valence electrons. The molecule has 0 aliphatic carbocycles. The first kappa shape index (κ1) is 14.8. The second-order valence-corrected chi connectivity index (χ2v) is 4.47. The molecule has 0 aliphatic rings. The maximum absolute atomic E-state index is 10.7. The normalized spacial score (nSPS) is 10.3. The van der Waals surface area contributed by atoms with Crippen LogP contribution in [-0.2, 0) is 0 Å². The monoisotopic (exact) mass is 233 g/mol. The van der Waals surface area contributed by atoms with Crippen LogP contribution in [0.4, 0.5) is 4.79 Å². The van der Waals surface area contributed by atoms with Gasteiger partial charge in [-0.3, -0.25) is 4.79 Å². The summed E-state index contributed by atoms with van der Waals surface area (Å²) in [6.45, 7) is 3.02. The number of amides is 1. The zero-order chi connectivity index (χ0) is 11.5. The molecule has 0 aromatic rings. The lowest BCUT2D eigenvalue weighted by molar-refractivity contribution is 0.231. The first-order valence-electron chi connectivity index (χ1n) is 6.09. The molecule has 0 aliphatic heterocycles. The van der Waals surface area contributed by atoms with Crippen LogP contribution < -0.4 is 0 Å². The van der Waals surface area contributed by atoms with Gasteiger partial charge in [0.25, 0.3) is 0 Å². The third kappa shape index (κ3) is 10.1. The summed E-state index contributed by atoms with van der Waals surface area (Å²) in [5.74, 6) is 0. The van der Waals surface area contributed by atoms with E-state index in [4.69, 9.17) is 11.6 Å². The van der Waals surface area contributed by atoms with Crippen molar-refractivity contribution in [1.29, 1.82) is 0 Å². The summed E-state index contributed by atoms with van der Waals surface area (Å²) in [7, 11) is 1.75. The van der Waals surface area contributed by atoms with Crippen molar-refractivity contribution in [3.8, 4) is 0 Å². The summed E-state index contributed by atoms with van der Waals surface area (Å²) in [6, 6.07) is 0. The standard InChI is InChI=1S/C12H24ClNO/c1-3-4-5-6-7-8-9-10-11-14(2)12(13)15/h3-11H2,1-2H3. The maximum Gasteiger partial charge on any atom is 0.316 e. The fraction of sp³-hybridized carbons (Fsp3) is 0.917. The van der Waals surface area contributed by atoms with Gasteiger partial charge in [0.2, 0.25) is 0 Å². The number of carbonyl (C=O) groups excluding carboxylic acids is 1. The summed E-state index contributed by atoms with van der Waals surface area (Å²) >= 11 is 5.31. The predicted octanol–water partition coefficient (Wildman–Crippen LogP) is 4.42.